The molecule has 1 aromatic heterocycles. The first kappa shape index (κ1) is 16.3. The van der Waals surface area contributed by atoms with Gasteiger partial charge < -0.3 is 15.6 Å². The smallest absolute Gasteiger partial charge is 0.326 e. The molecule has 6 nitrogen and oxygen atoms in total. The molecule has 0 aliphatic heterocycles. The monoisotopic (exact) mass is 298 g/mol. The minimum Gasteiger partial charge on any atom is -0.340 e. The molecule has 1 heterocycles. The van der Waals surface area contributed by atoms with Gasteiger partial charge in [0.25, 0.3) is 0 Å². The van der Waals surface area contributed by atoms with Crippen LogP contribution < -0.4 is 11.4 Å². The summed E-state index contributed by atoms with van der Waals surface area (Å²) in [5.41, 5.74) is 6.72. The van der Waals surface area contributed by atoms with E-state index in [4.69, 9.17) is 5.73 Å². The van der Waals surface area contributed by atoms with Gasteiger partial charge in [-0.15, -0.1) is 12.4 Å². The molecule has 1 atom stereocenters. The number of aromatic amines is 1. The lowest BCUT2D eigenvalue weighted by Crippen LogP contribution is -2.42. The van der Waals surface area contributed by atoms with Crippen molar-refractivity contribution in [2.24, 2.45) is 5.73 Å². The van der Waals surface area contributed by atoms with E-state index < -0.39 is 0 Å². The number of para-hydroxylation sites is 2. The van der Waals surface area contributed by atoms with Gasteiger partial charge in [0.05, 0.1) is 11.0 Å². The fourth-order valence-corrected chi connectivity index (χ4v) is 1.91. The quantitative estimate of drug-likeness (QED) is 0.865. The Labute approximate surface area is 123 Å². The van der Waals surface area contributed by atoms with Crippen LogP contribution in [0.4, 0.5) is 0 Å². The number of imidazole rings is 1. The first-order chi connectivity index (χ1) is 9.04. The lowest BCUT2D eigenvalue weighted by molar-refractivity contribution is -0.132. The maximum Gasteiger partial charge on any atom is 0.326 e. The fraction of sp³-hybridized carbons (Fsp3) is 0.385. The highest BCUT2D eigenvalue weighted by Gasteiger charge is 2.17. The van der Waals surface area contributed by atoms with E-state index in [1.165, 1.54) is 4.57 Å². The van der Waals surface area contributed by atoms with E-state index >= 15 is 0 Å². The average molecular weight is 299 g/mol. The topological polar surface area (TPSA) is 84.1 Å². The van der Waals surface area contributed by atoms with Crippen LogP contribution in [0.1, 0.15) is 6.92 Å². The number of aromatic nitrogens is 2. The number of nitrogens with zero attached hydrogens (tertiary/aromatic N) is 2. The molecular formula is C13H19ClN4O2. The van der Waals surface area contributed by atoms with Gasteiger partial charge in [-0.05, 0) is 19.1 Å². The maximum absolute atomic E-state index is 12.1. The predicted octanol–water partition coefficient (Wildman–Crippen LogP) is 0.557. The molecule has 0 saturated carbocycles. The molecule has 2 rings (SSSR count). The summed E-state index contributed by atoms with van der Waals surface area (Å²) in [6.07, 6.45) is 0. The van der Waals surface area contributed by atoms with Crippen molar-refractivity contribution < 1.29 is 4.79 Å². The predicted molar refractivity (Wildman–Crippen MR) is 81.1 cm³/mol. The molecule has 20 heavy (non-hydrogen) atoms. The molecule has 0 saturated heterocycles. The third-order valence-electron chi connectivity index (χ3n) is 3.37. The molecule has 0 aliphatic carbocycles. The van der Waals surface area contributed by atoms with Gasteiger partial charge in [-0.25, -0.2) is 4.79 Å². The third kappa shape index (κ3) is 3.02. The van der Waals surface area contributed by atoms with Crippen LogP contribution in [0.15, 0.2) is 29.1 Å². The van der Waals surface area contributed by atoms with Gasteiger partial charge in [0.1, 0.15) is 6.54 Å². The van der Waals surface area contributed by atoms with Gasteiger partial charge in [-0.2, -0.15) is 0 Å². The third-order valence-corrected chi connectivity index (χ3v) is 3.37. The molecule has 0 fully saturated rings. The van der Waals surface area contributed by atoms with Crippen LogP contribution in [0.2, 0.25) is 0 Å². The van der Waals surface area contributed by atoms with Crippen molar-refractivity contribution in [3.63, 3.8) is 0 Å². The van der Waals surface area contributed by atoms with E-state index in [9.17, 15) is 9.59 Å². The molecule has 0 spiro atoms. The number of halogens is 1. The van der Waals surface area contributed by atoms with Crippen molar-refractivity contribution in [3.05, 3.63) is 34.7 Å². The number of nitrogens with one attached hydrogen (secondary N) is 1. The summed E-state index contributed by atoms with van der Waals surface area (Å²) in [6.45, 7) is 2.28. The lowest BCUT2D eigenvalue weighted by Gasteiger charge is -2.23. The van der Waals surface area contributed by atoms with E-state index in [0.29, 0.717) is 6.54 Å². The molecule has 7 heteroatoms. The minimum atomic E-state index is -0.275. The Bertz CT molecular complexity index is 649. The van der Waals surface area contributed by atoms with E-state index in [-0.39, 0.29) is 36.6 Å². The number of nitrogens with two attached hydrogens (primary N) is 1. The molecule has 110 valence electrons. The van der Waals surface area contributed by atoms with Crippen molar-refractivity contribution in [1.82, 2.24) is 14.5 Å². The summed E-state index contributed by atoms with van der Waals surface area (Å²) in [5.74, 6) is -0.134. The Hall–Kier alpha value is -1.79. The van der Waals surface area contributed by atoms with Crippen LogP contribution in [-0.2, 0) is 11.3 Å². The summed E-state index contributed by atoms with van der Waals surface area (Å²) in [7, 11) is 1.69. The highest BCUT2D eigenvalue weighted by atomic mass is 35.5. The summed E-state index contributed by atoms with van der Waals surface area (Å²) in [6, 6.07) is 7.25. The number of carbonyl (C=O) groups is 1. The fourth-order valence-electron chi connectivity index (χ4n) is 1.91. The van der Waals surface area contributed by atoms with Crippen LogP contribution in [0, 0.1) is 0 Å². The molecule has 3 N–H and O–H groups in total. The number of amides is 1. The van der Waals surface area contributed by atoms with Crippen LogP contribution in [-0.4, -0.2) is 40.0 Å². The molecule has 1 aromatic carbocycles. The number of carbonyl (C=O) groups excluding carboxylic acids is 1. The average Bonchev–Trinajstić information content (AvgIpc) is 2.73. The van der Waals surface area contributed by atoms with Gasteiger partial charge in [-0.3, -0.25) is 9.36 Å². The van der Waals surface area contributed by atoms with E-state index in [1.54, 1.807) is 11.9 Å². The summed E-state index contributed by atoms with van der Waals surface area (Å²) in [4.78, 5) is 28.2. The van der Waals surface area contributed by atoms with Gasteiger partial charge in [0.2, 0.25) is 5.91 Å². The first-order valence-corrected chi connectivity index (χ1v) is 6.18. The van der Waals surface area contributed by atoms with E-state index in [2.05, 4.69) is 4.98 Å². The number of fused-ring (bicyclic) bond motifs is 1. The van der Waals surface area contributed by atoms with Crippen LogP contribution in [0.5, 0.6) is 0 Å². The Morgan fingerprint density at radius 2 is 2.10 bits per heavy atom. The Kier molecular flexibility index (Phi) is 5.35. The van der Waals surface area contributed by atoms with Crippen molar-refractivity contribution in [2.75, 3.05) is 13.6 Å². The van der Waals surface area contributed by atoms with Gasteiger partial charge in [0, 0.05) is 19.6 Å². The largest absolute Gasteiger partial charge is 0.340 e. The zero-order valence-corrected chi connectivity index (χ0v) is 12.3. The first-order valence-electron chi connectivity index (χ1n) is 6.18. The maximum atomic E-state index is 12.1. The highest BCUT2D eigenvalue weighted by Crippen LogP contribution is 2.09. The van der Waals surface area contributed by atoms with Crippen LogP contribution in [0.25, 0.3) is 11.0 Å². The summed E-state index contributed by atoms with van der Waals surface area (Å²) >= 11 is 0. The number of H-pyrrole nitrogens is 1. The molecule has 0 bridgehead atoms. The van der Waals surface area contributed by atoms with Crippen molar-refractivity contribution in [1.29, 1.82) is 0 Å². The van der Waals surface area contributed by atoms with Crippen LogP contribution in [0.3, 0.4) is 0 Å². The van der Waals surface area contributed by atoms with Crippen molar-refractivity contribution in [3.8, 4) is 0 Å². The second-order valence-electron chi connectivity index (χ2n) is 4.62. The molecule has 0 aliphatic rings. The Balaban J connectivity index is 0.00000200. The highest BCUT2D eigenvalue weighted by molar-refractivity contribution is 5.85. The molecular weight excluding hydrogens is 280 g/mol. The number of likely N-dealkylation sites (N-methyl/N-ethyl adjacent to an activating group) is 1. The molecule has 1 amide bonds. The standard InChI is InChI=1S/C13H18N4O2.ClH/c1-9(7-14)16(2)12(18)8-17-11-6-4-3-5-10(11)15-13(17)19;/h3-6,9H,7-8,14H2,1-2H3,(H,15,19);1H. The van der Waals surface area contributed by atoms with Gasteiger partial charge in [0.15, 0.2) is 0 Å². The van der Waals surface area contributed by atoms with Crippen molar-refractivity contribution >= 4 is 29.3 Å². The second-order valence-corrected chi connectivity index (χ2v) is 4.62. The Morgan fingerprint density at radius 1 is 1.45 bits per heavy atom. The minimum absolute atomic E-state index is 0. The zero-order valence-electron chi connectivity index (χ0n) is 11.5. The normalized spacial score (nSPS) is 11.9. The van der Waals surface area contributed by atoms with Crippen molar-refractivity contribution in [2.45, 2.75) is 19.5 Å². The number of hydrogen-bond acceptors (Lipinski definition) is 3. The SMILES string of the molecule is CC(CN)N(C)C(=O)Cn1c(=O)[nH]c2ccccc21.Cl. The number of hydrogen-bond donors (Lipinski definition) is 2. The molecule has 1 unspecified atom stereocenters. The number of rotatable bonds is 4. The number of benzene rings is 1. The summed E-state index contributed by atoms with van der Waals surface area (Å²) in [5, 5.41) is 0. The van der Waals surface area contributed by atoms with E-state index in [1.807, 2.05) is 31.2 Å². The zero-order chi connectivity index (χ0) is 14.0. The summed E-state index contributed by atoms with van der Waals surface area (Å²) < 4.78 is 1.44. The lowest BCUT2D eigenvalue weighted by atomic mass is 10.3. The second kappa shape index (κ2) is 6.58. The van der Waals surface area contributed by atoms with Gasteiger partial charge in [-0.1, -0.05) is 12.1 Å². The molecule has 2 aromatic rings. The molecule has 0 radical (unpaired) electrons. The van der Waals surface area contributed by atoms with E-state index in [0.717, 1.165) is 11.0 Å². The Morgan fingerprint density at radius 3 is 2.75 bits per heavy atom. The van der Waals surface area contributed by atoms with Crippen LogP contribution >= 0.6 is 12.4 Å². The van der Waals surface area contributed by atoms with Gasteiger partial charge >= 0.3 is 5.69 Å².